The van der Waals surface area contributed by atoms with Gasteiger partial charge in [-0.15, -0.1) is 0 Å². The van der Waals surface area contributed by atoms with E-state index in [2.05, 4.69) is 30.1 Å². The Morgan fingerprint density at radius 2 is 2.21 bits per heavy atom. The van der Waals surface area contributed by atoms with Crippen molar-refractivity contribution in [1.29, 1.82) is 0 Å². The van der Waals surface area contributed by atoms with Crippen LogP contribution in [0.1, 0.15) is 24.5 Å². The second-order valence-corrected chi connectivity index (χ2v) is 6.12. The van der Waals surface area contributed by atoms with Crippen molar-refractivity contribution in [3.8, 4) is 5.75 Å². The van der Waals surface area contributed by atoms with Gasteiger partial charge < -0.3 is 10.4 Å². The monoisotopic (exact) mass is 260 g/mol. The van der Waals surface area contributed by atoms with E-state index in [0.29, 0.717) is 11.8 Å². The zero-order chi connectivity index (χ0) is 13.4. The van der Waals surface area contributed by atoms with Crippen molar-refractivity contribution in [2.24, 2.45) is 11.8 Å². The average molecular weight is 260 g/mol. The Kier molecular flexibility index (Phi) is 3.50. The van der Waals surface area contributed by atoms with Crippen LogP contribution in [0.2, 0.25) is 0 Å². The van der Waals surface area contributed by atoms with Crippen LogP contribution in [0.25, 0.3) is 0 Å². The summed E-state index contributed by atoms with van der Waals surface area (Å²) >= 11 is 0. The summed E-state index contributed by atoms with van der Waals surface area (Å²) in [6, 6.07) is 6.58. The predicted octanol–water partition coefficient (Wildman–Crippen LogP) is 2.13. The molecule has 1 aromatic rings. The Morgan fingerprint density at radius 3 is 3.00 bits per heavy atom. The van der Waals surface area contributed by atoms with Gasteiger partial charge in [0.25, 0.3) is 0 Å². The van der Waals surface area contributed by atoms with Crippen LogP contribution in [-0.4, -0.2) is 35.7 Å². The lowest BCUT2D eigenvalue weighted by atomic mass is 9.93. The molecule has 3 heteroatoms. The Morgan fingerprint density at radius 1 is 1.37 bits per heavy atom. The quantitative estimate of drug-likeness (QED) is 0.874. The highest BCUT2D eigenvalue weighted by atomic mass is 16.3. The maximum atomic E-state index is 10.0. The zero-order valence-electron chi connectivity index (χ0n) is 11.9. The molecule has 2 N–H and O–H groups in total. The molecule has 0 spiro atoms. The summed E-state index contributed by atoms with van der Waals surface area (Å²) in [7, 11) is 0. The van der Waals surface area contributed by atoms with E-state index in [1.54, 1.807) is 0 Å². The molecule has 0 bridgehead atoms. The number of aromatic hydroxyl groups is 1. The highest BCUT2D eigenvalue weighted by Crippen LogP contribution is 2.36. The number of likely N-dealkylation sites (tertiary alicyclic amines) is 1. The number of rotatable bonds is 3. The Hall–Kier alpha value is -1.06. The van der Waals surface area contributed by atoms with Crippen LogP contribution in [-0.2, 0) is 6.54 Å². The maximum absolute atomic E-state index is 10.0. The fourth-order valence-corrected chi connectivity index (χ4v) is 3.91. The van der Waals surface area contributed by atoms with E-state index in [1.807, 2.05) is 12.1 Å². The zero-order valence-corrected chi connectivity index (χ0v) is 11.9. The molecule has 2 fully saturated rings. The molecule has 0 saturated carbocycles. The molecule has 0 radical (unpaired) electrons. The van der Waals surface area contributed by atoms with Crippen LogP contribution < -0.4 is 5.32 Å². The molecule has 3 unspecified atom stereocenters. The molecule has 0 aliphatic carbocycles. The minimum atomic E-state index is 0.440. The minimum absolute atomic E-state index is 0.440. The average Bonchev–Trinajstić information content (AvgIpc) is 2.94. The highest BCUT2D eigenvalue weighted by molar-refractivity contribution is 5.35. The third-order valence-corrected chi connectivity index (χ3v) is 4.85. The lowest BCUT2D eigenvalue weighted by Crippen LogP contribution is -2.34. The summed E-state index contributed by atoms with van der Waals surface area (Å²) in [5.41, 5.74) is 2.30. The van der Waals surface area contributed by atoms with Gasteiger partial charge in [-0.05, 0) is 44.3 Å². The number of phenols is 1. The van der Waals surface area contributed by atoms with Gasteiger partial charge in [-0.2, -0.15) is 0 Å². The second-order valence-electron chi connectivity index (χ2n) is 6.12. The van der Waals surface area contributed by atoms with Crippen LogP contribution in [0.4, 0.5) is 0 Å². The van der Waals surface area contributed by atoms with Gasteiger partial charge in [-0.3, -0.25) is 4.90 Å². The molecule has 2 aliphatic heterocycles. The van der Waals surface area contributed by atoms with Gasteiger partial charge in [0.15, 0.2) is 0 Å². The summed E-state index contributed by atoms with van der Waals surface area (Å²) in [4.78, 5) is 2.57. The van der Waals surface area contributed by atoms with Crippen LogP contribution in [0.15, 0.2) is 18.2 Å². The van der Waals surface area contributed by atoms with E-state index in [4.69, 9.17) is 0 Å². The smallest absolute Gasteiger partial charge is 0.120 e. The molecular weight excluding hydrogens is 236 g/mol. The first-order chi connectivity index (χ1) is 9.19. The van der Waals surface area contributed by atoms with E-state index < -0.39 is 0 Å². The number of nitrogens with one attached hydrogen (secondary N) is 1. The molecular formula is C16H24N2O. The molecule has 19 heavy (non-hydrogen) atoms. The van der Waals surface area contributed by atoms with E-state index in [1.165, 1.54) is 25.1 Å². The largest absolute Gasteiger partial charge is 0.508 e. The van der Waals surface area contributed by atoms with Crippen LogP contribution in [0.3, 0.4) is 0 Å². The van der Waals surface area contributed by atoms with Crippen LogP contribution in [0, 0.1) is 18.8 Å². The van der Waals surface area contributed by atoms with Gasteiger partial charge in [0.05, 0.1) is 0 Å². The Balaban J connectivity index is 1.77. The molecule has 0 amide bonds. The van der Waals surface area contributed by atoms with Crippen LogP contribution >= 0.6 is 0 Å². The Bertz CT molecular complexity index is 460. The number of phenolic OH excluding ortho intramolecular Hbond substituents is 1. The van der Waals surface area contributed by atoms with Crippen molar-refractivity contribution < 1.29 is 5.11 Å². The van der Waals surface area contributed by atoms with Gasteiger partial charge in [0.2, 0.25) is 0 Å². The van der Waals surface area contributed by atoms with Crippen LogP contribution in [0.5, 0.6) is 5.75 Å². The van der Waals surface area contributed by atoms with E-state index in [9.17, 15) is 5.11 Å². The summed E-state index contributed by atoms with van der Waals surface area (Å²) in [5, 5.41) is 13.5. The molecule has 3 nitrogen and oxygen atoms in total. The second kappa shape index (κ2) is 5.14. The van der Waals surface area contributed by atoms with Gasteiger partial charge in [0.1, 0.15) is 5.75 Å². The number of aryl methyl sites for hydroxylation is 1. The van der Waals surface area contributed by atoms with E-state index >= 15 is 0 Å². The van der Waals surface area contributed by atoms with Crippen molar-refractivity contribution in [3.05, 3.63) is 29.3 Å². The first-order valence-electron chi connectivity index (χ1n) is 7.42. The third-order valence-electron chi connectivity index (χ3n) is 4.85. The number of hydrogen-bond acceptors (Lipinski definition) is 3. The number of benzene rings is 1. The molecule has 2 aliphatic rings. The summed E-state index contributed by atoms with van der Waals surface area (Å²) in [5.74, 6) is 2.05. The van der Waals surface area contributed by atoms with E-state index in [0.717, 1.165) is 30.5 Å². The maximum Gasteiger partial charge on any atom is 0.120 e. The normalized spacial score (nSPS) is 30.7. The summed E-state index contributed by atoms with van der Waals surface area (Å²) in [6.07, 6.45) is 1.20. The van der Waals surface area contributed by atoms with Gasteiger partial charge >= 0.3 is 0 Å². The van der Waals surface area contributed by atoms with Gasteiger partial charge in [-0.1, -0.05) is 24.6 Å². The van der Waals surface area contributed by atoms with Crippen molar-refractivity contribution in [2.45, 2.75) is 32.9 Å². The Labute approximate surface area is 115 Å². The third kappa shape index (κ3) is 2.37. The van der Waals surface area contributed by atoms with Gasteiger partial charge in [0, 0.05) is 24.7 Å². The summed E-state index contributed by atoms with van der Waals surface area (Å²) < 4.78 is 0. The lowest BCUT2D eigenvalue weighted by molar-refractivity contribution is 0.208. The molecule has 104 valence electrons. The summed E-state index contributed by atoms with van der Waals surface area (Å²) in [6.45, 7) is 8.76. The minimum Gasteiger partial charge on any atom is -0.508 e. The molecule has 2 heterocycles. The SMILES string of the molecule is CCC1C2CNCC2CN1Cc1cc(C)ccc1O. The molecule has 2 saturated heterocycles. The number of fused-ring (bicyclic) bond motifs is 1. The molecule has 3 atom stereocenters. The van der Waals surface area contributed by atoms with Crippen molar-refractivity contribution in [3.63, 3.8) is 0 Å². The lowest BCUT2D eigenvalue weighted by Gasteiger charge is -2.27. The first-order valence-corrected chi connectivity index (χ1v) is 7.42. The fourth-order valence-electron chi connectivity index (χ4n) is 3.91. The van der Waals surface area contributed by atoms with Crippen molar-refractivity contribution in [1.82, 2.24) is 10.2 Å². The first kappa shape index (κ1) is 12.9. The van der Waals surface area contributed by atoms with E-state index in [-0.39, 0.29) is 0 Å². The number of hydrogen-bond donors (Lipinski definition) is 2. The number of nitrogens with zero attached hydrogens (tertiary/aromatic N) is 1. The van der Waals surface area contributed by atoms with Gasteiger partial charge in [-0.25, -0.2) is 0 Å². The standard InChI is InChI=1S/C16H24N2O/c1-3-15-14-8-17-7-13(14)10-18(15)9-12-6-11(2)4-5-16(12)19/h4-6,13-15,17,19H,3,7-10H2,1-2H3. The fraction of sp³-hybridized carbons (Fsp3) is 0.625. The highest BCUT2D eigenvalue weighted by Gasteiger charge is 2.42. The molecule has 1 aromatic carbocycles. The topological polar surface area (TPSA) is 35.5 Å². The molecule has 3 rings (SSSR count). The van der Waals surface area contributed by atoms with Crippen molar-refractivity contribution in [2.75, 3.05) is 19.6 Å². The molecule has 0 aromatic heterocycles. The predicted molar refractivity (Wildman–Crippen MR) is 77.2 cm³/mol. The van der Waals surface area contributed by atoms with Crippen molar-refractivity contribution >= 4 is 0 Å².